The van der Waals surface area contributed by atoms with Gasteiger partial charge in [0.1, 0.15) is 12.3 Å². The van der Waals surface area contributed by atoms with Gasteiger partial charge in [-0.05, 0) is 55.4 Å². The minimum Gasteiger partial charge on any atom is -0.497 e. The summed E-state index contributed by atoms with van der Waals surface area (Å²) in [5, 5.41) is 13.1. The number of H-pyrrole nitrogens is 1. The average molecular weight is 466 g/mol. The van der Waals surface area contributed by atoms with E-state index in [1.54, 1.807) is 23.0 Å². The highest BCUT2D eigenvalue weighted by Crippen LogP contribution is 2.22. The molecule has 4 rings (SSSR count). The molecular weight excluding hydrogens is 442 g/mol. The molecule has 164 valence electrons. The minimum absolute atomic E-state index is 0.0960. The summed E-state index contributed by atoms with van der Waals surface area (Å²) in [4.78, 5) is 17.0. The molecule has 0 aliphatic rings. The highest BCUT2D eigenvalue weighted by Gasteiger charge is 2.12. The van der Waals surface area contributed by atoms with Crippen LogP contribution in [0.5, 0.6) is 5.75 Å². The van der Waals surface area contributed by atoms with Crippen molar-refractivity contribution in [3.05, 3.63) is 69.3 Å². The van der Waals surface area contributed by atoms with Crippen LogP contribution in [0, 0.1) is 11.7 Å². The molecule has 0 saturated heterocycles. The second kappa shape index (κ2) is 9.88. The smallest absolute Gasteiger partial charge is 0.240 e. The Labute approximate surface area is 195 Å². The predicted octanol–water partition coefficient (Wildman–Crippen LogP) is 4.41. The van der Waals surface area contributed by atoms with Crippen molar-refractivity contribution in [2.24, 2.45) is 0 Å². The van der Waals surface area contributed by atoms with Crippen LogP contribution in [0.15, 0.2) is 53.9 Å². The fourth-order valence-electron chi connectivity index (χ4n) is 3.31. The van der Waals surface area contributed by atoms with Crippen LogP contribution in [0.25, 0.3) is 22.6 Å². The van der Waals surface area contributed by atoms with Gasteiger partial charge < -0.3 is 10.1 Å². The first-order valence-corrected chi connectivity index (χ1v) is 11.4. The lowest BCUT2D eigenvalue weighted by Crippen LogP contribution is -2.29. The number of hydrogen-bond acceptors (Lipinski definition) is 6. The number of hydrogen-bond donors (Lipinski definition) is 2. The molecule has 0 aliphatic carbocycles. The molecule has 2 aromatic carbocycles. The number of aromatic amines is 1. The van der Waals surface area contributed by atoms with Crippen LogP contribution < -0.4 is 10.1 Å². The molecule has 9 heteroatoms. The predicted molar refractivity (Wildman–Crippen MR) is 128 cm³/mol. The van der Waals surface area contributed by atoms with E-state index >= 15 is 0 Å². The highest BCUT2D eigenvalue weighted by atomic mass is 32.1. The molecule has 0 saturated carbocycles. The molecule has 0 radical (unpaired) electrons. The van der Waals surface area contributed by atoms with Gasteiger partial charge in [0.2, 0.25) is 5.91 Å². The summed E-state index contributed by atoms with van der Waals surface area (Å²) >= 11 is 6.96. The van der Waals surface area contributed by atoms with Gasteiger partial charge in [-0.25, -0.2) is 4.98 Å². The van der Waals surface area contributed by atoms with Gasteiger partial charge in [0.15, 0.2) is 10.6 Å². The highest BCUT2D eigenvalue weighted by molar-refractivity contribution is 7.71. The normalized spacial score (nSPS) is 10.8. The monoisotopic (exact) mass is 465 g/mol. The van der Waals surface area contributed by atoms with Crippen LogP contribution in [0.1, 0.15) is 10.6 Å². The number of aromatic nitrogens is 4. The van der Waals surface area contributed by atoms with E-state index in [9.17, 15) is 4.79 Å². The Hall–Kier alpha value is -3.30. The van der Waals surface area contributed by atoms with Crippen molar-refractivity contribution in [3.8, 4) is 28.4 Å². The summed E-state index contributed by atoms with van der Waals surface area (Å²) in [7, 11) is 1.62. The molecule has 4 aromatic rings. The lowest BCUT2D eigenvalue weighted by Gasteiger charge is -2.09. The SMILES string of the molecule is COc1ccc(-c2n[nH]c(=S)n2CC(=O)NCCc2ccc(-c3csc(C)n3)cc2)cc1. The topological polar surface area (TPSA) is 84.8 Å². The first kappa shape index (κ1) is 21.9. The van der Waals surface area contributed by atoms with Crippen LogP contribution in [0.3, 0.4) is 0 Å². The number of benzene rings is 2. The number of carbonyl (C=O) groups is 1. The molecule has 2 N–H and O–H groups in total. The number of nitrogens with zero attached hydrogens (tertiary/aromatic N) is 3. The molecule has 0 fully saturated rings. The molecule has 1 amide bonds. The largest absolute Gasteiger partial charge is 0.497 e. The van der Waals surface area contributed by atoms with Crippen molar-refractivity contribution in [2.75, 3.05) is 13.7 Å². The molecule has 2 heterocycles. The molecular formula is C23H23N5O2S2. The van der Waals surface area contributed by atoms with E-state index in [1.807, 2.05) is 31.2 Å². The number of aryl methyl sites for hydroxylation is 1. The maximum atomic E-state index is 12.5. The second-order valence-electron chi connectivity index (χ2n) is 7.22. The number of carbonyl (C=O) groups excluding carboxylic acids is 1. The average Bonchev–Trinajstić information content (AvgIpc) is 3.40. The Morgan fingerprint density at radius 1 is 1.16 bits per heavy atom. The fourth-order valence-corrected chi connectivity index (χ4v) is 4.13. The van der Waals surface area contributed by atoms with Crippen LogP contribution >= 0.6 is 23.6 Å². The van der Waals surface area contributed by atoms with Crippen LogP contribution in [-0.2, 0) is 17.8 Å². The maximum Gasteiger partial charge on any atom is 0.240 e. The summed E-state index contributed by atoms with van der Waals surface area (Å²) in [6, 6.07) is 15.7. The Morgan fingerprint density at radius 3 is 2.53 bits per heavy atom. The van der Waals surface area contributed by atoms with Crippen molar-refractivity contribution in [1.29, 1.82) is 0 Å². The molecule has 2 aromatic heterocycles. The van der Waals surface area contributed by atoms with Gasteiger partial charge in [0, 0.05) is 23.1 Å². The van der Waals surface area contributed by atoms with E-state index in [0.717, 1.165) is 39.6 Å². The zero-order valence-corrected chi connectivity index (χ0v) is 19.4. The van der Waals surface area contributed by atoms with Gasteiger partial charge >= 0.3 is 0 Å². The van der Waals surface area contributed by atoms with Gasteiger partial charge in [0.05, 0.1) is 17.8 Å². The van der Waals surface area contributed by atoms with E-state index in [1.165, 1.54) is 0 Å². The maximum absolute atomic E-state index is 12.5. The molecule has 0 aliphatic heterocycles. The molecule has 7 nitrogen and oxygen atoms in total. The zero-order chi connectivity index (χ0) is 22.5. The Morgan fingerprint density at radius 2 is 1.88 bits per heavy atom. The summed E-state index contributed by atoms with van der Waals surface area (Å²) in [6.45, 7) is 2.64. The van der Waals surface area contributed by atoms with Crippen LogP contribution in [0.4, 0.5) is 0 Å². The quantitative estimate of drug-likeness (QED) is 0.377. The number of ether oxygens (including phenoxy) is 1. The third-order valence-electron chi connectivity index (χ3n) is 5.01. The first-order valence-electron chi connectivity index (χ1n) is 10.1. The van der Waals surface area contributed by atoms with Crippen molar-refractivity contribution in [1.82, 2.24) is 25.1 Å². The second-order valence-corrected chi connectivity index (χ2v) is 8.66. The third-order valence-corrected chi connectivity index (χ3v) is 6.10. The fraction of sp³-hybridized carbons (Fsp3) is 0.217. The van der Waals surface area contributed by atoms with Crippen molar-refractivity contribution in [3.63, 3.8) is 0 Å². The molecule has 0 atom stereocenters. The lowest BCUT2D eigenvalue weighted by molar-refractivity contribution is -0.121. The number of amides is 1. The van der Waals surface area contributed by atoms with E-state index in [-0.39, 0.29) is 12.5 Å². The Kier molecular flexibility index (Phi) is 6.77. The van der Waals surface area contributed by atoms with E-state index in [2.05, 4.69) is 50.1 Å². The number of thiazole rings is 1. The van der Waals surface area contributed by atoms with Crippen molar-refractivity contribution in [2.45, 2.75) is 19.9 Å². The van der Waals surface area contributed by atoms with Gasteiger partial charge in [0.25, 0.3) is 0 Å². The van der Waals surface area contributed by atoms with Crippen molar-refractivity contribution >= 4 is 29.5 Å². The van der Waals surface area contributed by atoms with Gasteiger partial charge in [-0.15, -0.1) is 11.3 Å². The van der Waals surface area contributed by atoms with Crippen molar-refractivity contribution < 1.29 is 9.53 Å². The lowest BCUT2D eigenvalue weighted by atomic mass is 10.1. The molecule has 0 unspecified atom stereocenters. The zero-order valence-electron chi connectivity index (χ0n) is 17.8. The number of rotatable bonds is 8. The standard InChI is InChI=1S/C23H23N5O2S2/c1-15-25-20(14-32-15)17-5-3-16(4-6-17)11-12-24-21(29)13-28-22(26-27-23(28)31)18-7-9-19(30-2)10-8-18/h3-10,14H,11-13H2,1-2H3,(H,24,29)(H,27,31). The summed E-state index contributed by atoms with van der Waals surface area (Å²) < 4.78 is 7.29. The Balaban J connectivity index is 1.33. The number of nitrogens with one attached hydrogen (secondary N) is 2. The molecule has 0 spiro atoms. The molecule has 32 heavy (non-hydrogen) atoms. The van der Waals surface area contributed by atoms with E-state index < -0.39 is 0 Å². The van der Waals surface area contributed by atoms with Gasteiger partial charge in [-0.3, -0.25) is 14.5 Å². The van der Waals surface area contributed by atoms with Crippen LogP contribution in [0.2, 0.25) is 0 Å². The van der Waals surface area contributed by atoms with Gasteiger partial charge in [-0.2, -0.15) is 5.10 Å². The third kappa shape index (κ3) is 5.12. The van der Waals surface area contributed by atoms with E-state index in [0.29, 0.717) is 17.1 Å². The van der Waals surface area contributed by atoms with Gasteiger partial charge in [-0.1, -0.05) is 24.3 Å². The van der Waals surface area contributed by atoms with E-state index in [4.69, 9.17) is 17.0 Å². The first-order chi connectivity index (χ1) is 15.5. The summed E-state index contributed by atoms with van der Waals surface area (Å²) in [5.41, 5.74) is 4.10. The number of methoxy groups -OCH3 is 1. The summed E-state index contributed by atoms with van der Waals surface area (Å²) in [5.74, 6) is 1.24. The summed E-state index contributed by atoms with van der Waals surface area (Å²) in [6.07, 6.45) is 0.740. The van der Waals surface area contributed by atoms with Crippen LogP contribution in [-0.4, -0.2) is 39.3 Å². The Bertz CT molecular complexity index is 1260. The minimum atomic E-state index is -0.119. The molecule has 0 bridgehead atoms.